The summed E-state index contributed by atoms with van der Waals surface area (Å²) >= 11 is 1.40. The normalized spacial score (nSPS) is 12.9. The molecule has 9 nitrogen and oxygen atoms in total. The predicted octanol–water partition coefficient (Wildman–Crippen LogP) is 5.17. The van der Waals surface area contributed by atoms with Crippen molar-refractivity contribution in [2.45, 2.75) is 20.4 Å². The summed E-state index contributed by atoms with van der Waals surface area (Å²) in [6.07, 6.45) is 0. The topological polar surface area (TPSA) is 124 Å². The molecule has 2 aromatic carbocycles. The van der Waals surface area contributed by atoms with Crippen LogP contribution in [0.25, 0.3) is 10.9 Å². The van der Waals surface area contributed by atoms with Gasteiger partial charge in [0.15, 0.2) is 0 Å². The number of rotatable bonds is 5. The first-order valence-electron chi connectivity index (χ1n) is 12.0. The van der Waals surface area contributed by atoms with Gasteiger partial charge in [0, 0.05) is 31.6 Å². The first-order valence-corrected chi connectivity index (χ1v) is 12.8. The Bertz CT molecular complexity index is 1410. The fraction of sp³-hybridized carbons (Fsp3) is 0.259. The number of hydrogen-bond acceptors (Lipinski definition) is 7. The average Bonchev–Trinajstić information content (AvgIpc) is 3.46. The highest BCUT2D eigenvalue weighted by Crippen LogP contribution is 2.34. The first-order chi connectivity index (χ1) is 17.5. The zero-order valence-electron chi connectivity index (χ0n) is 21.0. The molecule has 0 aliphatic carbocycles. The van der Waals surface area contributed by atoms with Crippen LogP contribution in [0.2, 0.25) is 0 Å². The molecule has 0 saturated carbocycles. The number of fused-ring (bicyclic) bond motifs is 1. The van der Waals surface area contributed by atoms with Crippen molar-refractivity contribution in [1.82, 2.24) is 15.6 Å². The Balaban J connectivity index is 0.00000124. The lowest BCUT2D eigenvalue weighted by atomic mass is 10.1. The molecule has 3 N–H and O–H groups in total. The number of anilines is 1. The zero-order valence-corrected chi connectivity index (χ0v) is 21.8. The third-order valence-corrected chi connectivity index (χ3v) is 6.96. The van der Waals surface area contributed by atoms with E-state index in [9.17, 15) is 19.7 Å². The van der Waals surface area contributed by atoms with Crippen molar-refractivity contribution in [3.63, 3.8) is 0 Å². The van der Waals surface area contributed by atoms with Gasteiger partial charge in [-0.25, -0.2) is 0 Å². The van der Waals surface area contributed by atoms with Crippen LogP contribution in [0.4, 0.5) is 11.4 Å². The summed E-state index contributed by atoms with van der Waals surface area (Å²) in [6, 6.07) is 20.4. The highest BCUT2D eigenvalue weighted by Gasteiger charge is 2.32. The summed E-state index contributed by atoms with van der Waals surface area (Å²) in [5.74, 6) is -0.0349. The monoisotopic (exact) mass is 521 g/mol. The van der Waals surface area contributed by atoms with E-state index in [1.807, 2.05) is 84.8 Å². The molecule has 1 aliphatic heterocycles. The van der Waals surface area contributed by atoms with Crippen LogP contribution in [-0.2, 0) is 6.54 Å². The molecule has 1 aliphatic rings. The molecule has 10 heteroatoms. The minimum Gasteiger partial charge on any atom is -0.362 e. The van der Waals surface area contributed by atoms with Crippen LogP contribution in [0, 0.1) is 10.1 Å². The van der Waals surface area contributed by atoms with Crippen molar-refractivity contribution in [3.8, 4) is 0 Å². The van der Waals surface area contributed by atoms with Crippen molar-refractivity contribution >= 4 is 39.5 Å². The number of aromatic nitrogens is 1. The second-order valence-electron chi connectivity index (χ2n) is 8.10. The van der Waals surface area contributed by atoms with Crippen LogP contribution in [0.3, 0.4) is 0 Å². The fourth-order valence-corrected chi connectivity index (χ4v) is 5.16. The molecule has 2 aromatic heterocycles. The van der Waals surface area contributed by atoms with Gasteiger partial charge in [-0.2, -0.15) is 0 Å². The Hall–Kier alpha value is -4.02. The van der Waals surface area contributed by atoms with E-state index in [2.05, 4.69) is 0 Å². The molecule has 0 bridgehead atoms. The Labute approximate surface area is 219 Å². The molecule has 0 atom stereocenters. The van der Waals surface area contributed by atoms with Gasteiger partial charge in [-0.05, 0) is 23.1 Å². The second kappa shape index (κ2) is 12.3. The van der Waals surface area contributed by atoms with E-state index in [1.54, 1.807) is 11.0 Å². The van der Waals surface area contributed by atoms with Gasteiger partial charge in [0.05, 0.1) is 21.9 Å². The number of thiophene rings is 1. The molecular weight excluding hydrogens is 490 g/mol. The summed E-state index contributed by atoms with van der Waals surface area (Å²) in [5, 5.41) is 14.7. The number of amides is 1. The summed E-state index contributed by atoms with van der Waals surface area (Å²) in [5.41, 5.74) is 0.817. The van der Waals surface area contributed by atoms with Gasteiger partial charge in [-0.3, -0.25) is 24.3 Å². The van der Waals surface area contributed by atoms with E-state index in [0.29, 0.717) is 47.6 Å². The number of para-hydroxylation sites is 1. The van der Waals surface area contributed by atoms with Gasteiger partial charge in [0.1, 0.15) is 5.69 Å². The molecule has 4 aromatic rings. The Kier molecular flexibility index (Phi) is 9.15. The van der Waals surface area contributed by atoms with Gasteiger partial charge in [-0.15, -0.1) is 11.3 Å². The number of hydrogen-bond donors (Lipinski definition) is 1. The molecule has 0 spiro atoms. The summed E-state index contributed by atoms with van der Waals surface area (Å²) in [7, 11) is 0. The smallest absolute Gasteiger partial charge is 0.357 e. The molecule has 0 unspecified atom stereocenters. The lowest BCUT2D eigenvalue weighted by Crippen LogP contribution is -2.49. The van der Waals surface area contributed by atoms with E-state index in [0.717, 1.165) is 5.56 Å². The Morgan fingerprint density at radius 3 is 2.22 bits per heavy atom. The van der Waals surface area contributed by atoms with Gasteiger partial charge >= 0.3 is 11.2 Å². The van der Waals surface area contributed by atoms with Gasteiger partial charge < -0.3 is 16.0 Å². The third kappa shape index (κ3) is 5.55. The molecule has 5 rings (SSSR count). The summed E-state index contributed by atoms with van der Waals surface area (Å²) in [6.45, 7) is 5.91. The van der Waals surface area contributed by atoms with Crippen LogP contribution in [-0.4, -0.2) is 46.5 Å². The van der Waals surface area contributed by atoms with E-state index >= 15 is 0 Å². The number of carbonyl (C=O) groups is 1. The number of carbonyl (C=O) groups excluding carboxylic acids is 1. The SMILES string of the molecule is CC.N.O=C(c1cccs1)N1CCN(c2c([N+](=O)[O-])c(=O)n(Cc3ccccc3)c3ccccc23)CC1. The Morgan fingerprint density at radius 1 is 0.946 bits per heavy atom. The lowest BCUT2D eigenvalue weighted by molar-refractivity contribution is -0.385. The molecule has 3 heterocycles. The highest BCUT2D eigenvalue weighted by atomic mass is 32.1. The molecule has 1 amide bonds. The number of nitro groups is 1. The van der Waals surface area contributed by atoms with Gasteiger partial charge in [0.2, 0.25) is 0 Å². The molecular formula is C27H31N5O4S. The average molecular weight is 522 g/mol. The lowest BCUT2D eigenvalue weighted by Gasteiger charge is -2.36. The maximum atomic E-state index is 13.5. The van der Waals surface area contributed by atoms with Crippen molar-refractivity contribution < 1.29 is 9.72 Å². The molecule has 1 fully saturated rings. The minimum absolute atomic E-state index is 0. The molecule has 1 saturated heterocycles. The van der Waals surface area contributed by atoms with Crippen LogP contribution in [0.15, 0.2) is 76.9 Å². The van der Waals surface area contributed by atoms with Crippen LogP contribution in [0.5, 0.6) is 0 Å². The number of benzene rings is 2. The van der Waals surface area contributed by atoms with Crippen molar-refractivity contribution in [1.29, 1.82) is 0 Å². The standard InChI is InChI=1S/C25H22N4O4S.C2H6.H3N/c30-24(21-11-6-16-34-21)27-14-12-26(13-15-27)22-19-9-4-5-10-20(19)28(25(31)23(22)29(32)33)17-18-7-2-1-3-8-18;1-2;/h1-11,16H,12-15,17H2;1-2H3;1H3. The van der Waals surface area contributed by atoms with Gasteiger partial charge in [0.25, 0.3) is 5.91 Å². The number of piperazine rings is 1. The number of nitrogens with zero attached hydrogens (tertiary/aromatic N) is 4. The predicted molar refractivity (Wildman–Crippen MR) is 149 cm³/mol. The van der Waals surface area contributed by atoms with Crippen molar-refractivity contribution in [2.75, 3.05) is 31.1 Å². The fourth-order valence-electron chi connectivity index (χ4n) is 4.47. The van der Waals surface area contributed by atoms with Crippen molar-refractivity contribution in [3.05, 3.63) is 103 Å². The van der Waals surface area contributed by atoms with E-state index in [4.69, 9.17) is 0 Å². The summed E-state index contributed by atoms with van der Waals surface area (Å²) in [4.78, 5) is 42.1. The molecule has 0 radical (unpaired) electrons. The largest absolute Gasteiger partial charge is 0.362 e. The number of pyridine rings is 1. The first kappa shape index (κ1) is 27.6. The third-order valence-electron chi connectivity index (χ3n) is 6.10. The Morgan fingerprint density at radius 2 is 1.59 bits per heavy atom. The summed E-state index contributed by atoms with van der Waals surface area (Å²) < 4.78 is 1.48. The van der Waals surface area contributed by atoms with E-state index < -0.39 is 16.2 Å². The molecule has 194 valence electrons. The zero-order chi connectivity index (χ0) is 25.7. The van der Waals surface area contributed by atoms with Gasteiger partial charge in [-0.1, -0.05) is 68.4 Å². The highest BCUT2D eigenvalue weighted by molar-refractivity contribution is 7.12. The van der Waals surface area contributed by atoms with Crippen LogP contribution < -0.4 is 16.6 Å². The molecule has 37 heavy (non-hydrogen) atoms. The van der Waals surface area contributed by atoms with Crippen LogP contribution in [0.1, 0.15) is 29.1 Å². The second-order valence-corrected chi connectivity index (χ2v) is 9.05. The van der Waals surface area contributed by atoms with Crippen LogP contribution >= 0.6 is 11.3 Å². The van der Waals surface area contributed by atoms with E-state index in [-0.39, 0.29) is 18.6 Å². The maximum absolute atomic E-state index is 13.5. The minimum atomic E-state index is -0.625. The maximum Gasteiger partial charge on any atom is 0.357 e. The van der Waals surface area contributed by atoms with Crippen molar-refractivity contribution in [2.24, 2.45) is 0 Å². The quantitative estimate of drug-likeness (QED) is 0.285. The van der Waals surface area contributed by atoms with E-state index in [1.165, 1.54) is 15.9 Å².